The molecule has 1 aliphatic heterocycles. The number of nitrogens with one attached hydrogen (secondary N) is 1. The van der Waals surface area contributed by atoms with Gasteiger partial charge in [0.25, 0.3) is 5.56 Å². The number of H-pyrrole nitrogens is 1. The van der Waals surface area contributed by atoms with Crippen LogP contribution in [0.15, 0.2) is 16.9 Å². The third-order valence-corrected chi connectivity index (χ3v) is 5.20. The van der Waals surface area contributed by atoms with Crippen molar-refractivity contribution in [3.05, 3.63) is 27.3 Å². The zero-order valence-corrected chi connectivity index (χ0v) is 17.3. The van der Waals surface area contributed by atoms with Crippen LogP contribution in [0.5, 0.6) is 11.5 Å². The Labute approximate surface area is 169 Å². The third-order valence-electron chi connectivity index (χ3n) is 4.88. The van der Waals surface area contributed by atoms with E-state index in [4.69, 9.17) is 21.7 Å². The highest BCUT2D eigenvalue weighted by atomic mass is 32.1. The smallest absolute Gasteiger partial charge is 0.262 e. The average Bonchev–Trinajstić information content (AvgIpc) is 3.21. The molecule has 28 heavy (non-hydrogen) atoms. The van der Waals surface area contributed by atoms with Crippen LogP contribution in [0.3, 0.4) is 0 Å². The van der Waals surface area contributed by atoms with Crippen molar-refractivity contribution in [3.63, 3.8) is 0 Å². The number of aromatic amines is 1. The fourth-order valence-corrected chi connectivity index (χ4v) is 3.80. The fourth-order valence-electron chi connectivity index (χ4n) is 3.51. The number of carbonyl (C=O) groups excluding carboxylic acids is 1. The molecule has 152 valence electrons. The zero-order valence-electron chi connectivity index (χ0n) is 16.5. The standard InChI is InChI=1S/C20H27N3O4S/c1-3-26-16-12-14-15(13-17(16)27-4-2)21-20(28)23(19(14)25)11-7-8-18(24)22-9-5-6-10-22/h12-13H,3-11H2,1-2H3,(H,21,28). The Balaban J connectivity index is 1.84. The molecule has 1 aromatic carbocycles. The van der Waals surface area contributed by atoms with Crippen LogP contribution in [-0.4, -0.2) is 46.7 Å². The number of nitrogens with zero attached hydrogens (tertiary/aromatic N) is 2. The van der Waals surface area contributed by atoms with Gasteiger partial charge in [0.1, 0.15) is 0 Å². The summed E-state index contributed by atoms with van der Waals surface area (Å²) in [5.74, 6) is 1.27. The maximum Gasteiger partial charge on any atom is 0.262 e. The first-order chi connectivity index (χ1) is 13.5. The van der Waals surface area contributed by atoms with Crippen molar-refractivity contribution in [1.82, 2.24) is 14.5 Å². The summed E-state index contributed by atoms with van der Waals surface area (Å²) >= 11 is 5.39. The average molecular weight is 406 g/mol. The minimum absolute atomic E-state index is 0.154. The first-order valence-electron chi connectivity index (χ1n) is 9.89. The maximum atomic E-state index is 13.0. The van der Waals surface area contributed by atoms with Gasteiger partial charge >= 0.3 is 0 Å². The van der Waals surface area contributed by atoms with Gasteiger partial charge in [0.15, 0.2) is 16.3 Å². The van der Waals surface area contributed by atoms with Gasteiger partial charge in [-0.15, -0.1) is 0 Å². The van der Waals surface area contributed by atoms with Crippen LogP contribution in [0.25, 0.3) is 10.9 Å². The lowest BCUT2D eigenvalue weighted by Gasteiger charge is -2.15. The van der Waals surface area contributed by atoms with Gasteiger partial charge in [-0.3, -0.25) is 14.2 Å². The van der Waals surface area contributed by atoms with Crippen LogP contribution in [0, 0.1) is 4.77 Å². The SMILES string of the molecule is CCOc1cc2[nH]c(=S)n(CCCC(=O)N3CCCC3)c(=O)c2cc1OCC. The minimum Gasteiger partial charge on any atom is -0.490 e. The summed E-state index contributed by atoms with van der Waals surface area (Å²) in [5.41, 5.74) is 0.433. The summed E-state index contributed by atoms with van der Waals surface area (Å²) in [6, 6.07) is 3.45. The van der Waals surface area contributed by atoms with Gasteiger partial charge in [0, 0.05) is 32.1 Å². The molecule has 2 heterocycles. The van der Waals surface area contributed by atoms with Gasteiger partial charge in [0.05, 0.1) is 24.1 Å². The Morgan fingerprint density at radius 3 is 2.43 bits per heavy atom. The van der Waals surface area contributed by atoms with Crippen LogP contribution in [-0.2, 0) is 11.3 Å². The molecule has 1 aromatic heterocycles. The largest absolute Gasteiger partial charge is 0.490 e. The fraction of sp³-hybridized carbons (Fsp3) is 0.550. The summed E-state index contributed by atoms with van der Waals surface area (Å²) in [5, 5.41) is 0.492. The van der Waals surface area contributed by atoms with E-state index in [2.05, 4.69) is 4.98 Å². The summed E-state index contributed by atoms with van der Waals surface area (Å²) in [7, 11) is 0. The number of carbonyl (C=O) groups is 1. The van der Waals surface area contributed by atoms with E-state index in [1.54, 1.807) is 12.1 Å². The molecule has 0 unspecified atom stereocenters. The van der Waals surface area contributed by atoms with Gasteiger partial charge in [-0.05, 0) is 51.4 Å². The predicted molar refractivity (Wildman–Crippen MR) is 111 cm³/mol. The Morgan fingerprint density at radius 2 is 1.79 bits per heavy atom. The highest BCUT2D eigenvalue weighted by Gasteiger charge is 2.18. The van der Waals surface area contributed by atoms with Crippen LogP contribution in [0.1, 0.15) is 39.5 Å². The molecule has 8 heteroatoms. The van der Waals surface area contributed by atoms with Crippen molar-refractivity contribution in [3.8, 4) is 11.5 Å². The van der Waals surface area contributed by atoms with E-state index in [1.807, 2.05) is 18.7 Å². The number of benzene rings is 1. The molecule has 7 nitrogen and oxygen atoms in total. The lowest BCUT2D eigenvalue weighted by atomic mass is 10.2. The number of likely N-dealkylation sites (tertiary alicyclic amines) is 1. The third kappa shape index (κ3) is 4.38. The second-order valence-corrected chi connectivity index (χ2v) is 7.18. The van der Waals surface area contributed by atoms with E-state index in [0.717, 1.165) is 25.9 Å². The lowest BCUT2D eigenvalue weighted by molar-refractivity contribution is -0.130. The molecule has 1 fully saturated rings. The summed E-state index contributed by atoms with van der Waals surface area (Å²) in [6.45, 7) is 6.84. The van der Waals surface area contributed by atoms with Crippen LogP contribution in [0.2, 0.25) is 0 Å². The topological polar surface area (TPSA) is 76.6 Å². The van der Waals surface area contributed by atoms with E-state index in [0.29, 0.717) is 59.8 Å². The number of amides is 1. The zero-order chi connectivity index (χ0) is 20.1. The number of fused-ring (bicyclic) bond motifs is 1. The van der Waals surface area contributed by atoms with E-state index >= 15 is 0 Å². The van der Waals surface area contributed by atoms with Crippen molar-refractivity contribution >= 4 is 29.0 Å². The molecule has 1 aliphatic rings. The Kier molecular flexibility index (Phi) is 6.72. The molecule has 0 atom stereocenters. The first kappa shape index (κ1) is 20.4. The predicted octanol–water partition coefficient (Wildman–Crippen LogP) is 3.26. The molecule has 1 saturated heterocycles. The number of rotatable bonds is 8. The van der Waals surface area contributed by atoms with Gasteiger partial charge in [-0.1, -0.05) is 0 Å². The van der Waals surface area contributed by atoms with E-state index in [1.165, 1.54) is 4.57 Å². The van der Waals surface area contributed by atoms with Crippen molar-refractivity contribution in [2.24, 2.45) is 0 Å². The number of aromatic nitrogens is 2. The van der Waals surface area contributed by atoms with Gasteiger partial charge in [-0.2, -0.15) is 0 Å². The molecule has 1 amide bonds. The summed E-state index contributed by atoms with van der Waals surface area (Å²) < 4.78 is 13.1. The normalized spacial score (nSPS) is 13.9. The van der Waals surface area contributed by atoms with Crippen molar-refractivity contribution in [1.29, 1.82) is 0 Å². The molecule has 0 bridgehead atoms. The molecule has 0 aliphatic carbocycles. The maximum absolute atomic E-state index is 13.0. The second kappa shape index (κ2) is 9.23. The molecule has 3 rings (SSSR count). The van der Waals surface area contributed by atoms with Gasteiger partial charge in [0.2, 0.25) is 5.91 Å². The Hall–Kier alpha value is -2.35. The van der Waals surface area contributed by atoms with Crippen molar-refractivity contribution in [2.45, 2.75) is 46.1 Å². The highest BCUT2D eigenvalue weighted by molar-refractivity contribution is 7.71. The molecule has 0 spiro atoms. The highest BCUT2D eigenvalue weighted by Crippen LogP contribution is 2.30. The molecular weight excluding hydrogens is 378 g/mol. The Bertz CT molecular complexity index is 960. The quantitative estimate of drug-likeness (QED) is 0.682. The summed E-state index contributed by atoms with van der Waals surface area (Å²) in [6.07, 6.45) is 3.15. The van der Waals surface area contributed by atoms with Crippen LogP contribution in [0.4, 0.5) is 0 Å². The lowest BCUT2D eigenvalue weighted by Crippen LogP contribution is -2.28. The van der Waals surface area contributed by atoms with Gasteiger partial charge in [-0.25, -0.2) is 0 Å². The molecule has 1 N–H and O–H groups in total. The molecular formula is C20H27N3O4S. The van der Waals surface area contributed by atoms with E-state index < -0.39 is 0 Å². The van der Waals surface area contributed by atoms with Gasteiger partial charge < -0.3 is 19.4 Å². The Morgan fingerprint density at radius 1 is 1.14 bits per heavy atom. The van der Waals surface area contributed by atoms with Crippen molar-refractivity contribution < 1.29 is 14.3 Å². The van der Waals surface area contributed by atoms with E-state index in [9.17, 15) is 9.59 Å². The minimum atomic E-state index is -0.184. The molecule has 0 saturated carbocycles. The second-order valence-electron chi connectivity index (χ2n) is 6.79. The number of hydrogen-bond donors (Lipinski definition) is 1. The van der Waals surface area contributed by atoms with E-state index in [-0.39, 0.29) is 11.5 Å². The number of ether oxygens (including phenoxy) is 2. The molecule has 2 aromatic rings. The van der Waals surface area contributed by atoms with Crippen molar-refractivity contribution in [2.75, 3.05) is 26.3 Å². The molecule has 0 radical (unpaired) electrons. The van der Waals surface area contributed by atoms with Crippen LogP contribution < -0.4 is 15.0 Å². The number of hydrogen-bond acceptors (Lipinski definition) is 5. The monoisotopic (exact) mass is 405 g/mol. The summed E-state index contributed by atoms with van der Waals surface area (Å²) in [4.78, 5) is 30.2. The van der Waals surface area contributed by atoms with Crippen LogP contribution >= 0.6 is 12.2 Å². The first-order valence-corrected chi connectivity index (χ1v) is 10.3.